The maximum absolute atomic E-state index is 13.2. The van der Waals surface area contributed by atoms with Crippen molar-refractivity contribution in [3.63, 3.8) is 0 Å². The zero-order chi connectivity index (χ0) is 18.2. The fourth-order valence-electron chi connectivity index (χ4n) is 3.70. The van der Waals surface area contributed by atoms with Crippen LogP contribution in [-0.4, -0.2) is 51.5 Å². The lowest BCUT2D eigenvalue weighted by atomic mass is 10.1. The molecule has 25 heavy (non-hydrogen) atoms. The van der Waals surface area contributed by atoms with E-state index in [0.29, 0.717) is 11.7 Å². The maximum atomic E-state index is 13.2. The summed E-state index contributed by atoms with van der Waals surface area (Å²) in [6, 6.07) is 0.606. The zero-order valence-electron chi connectivity index (χ0n) is 16.4. The second-order valence-electron chi connectivity index (χ2n) is 7.29. The minimum atomic E-state index is 0.0507. The van der Waals surface area contributed by atoms with E-state index in [1.807, 2.05) is 16.5 Å². The van der Waals surface area contributed by atoms with Crippen LogP contribution in [0.15, 0.2) is 0 Å². The van der Waals surface area contributed by atoms with E-state index in [1.54, 1.807) is 0 Å². The molecule has 2 heterocycles. The summed E-state index contributed by atoms with van der Waals surface area (Å²) in [5, 5.41) is 12.0. The summed E-state index contributed by atoms with van der Waals surface area (Å²) in [6.07, 6.45) is 7.57. The van der Waals surface area contributed by atoms with Crippen molar-refractivity contribution < 1.29 is 4.79 Å². The third-order valence-electron chi connectivity index (χ3n) is 5.29. The fourth-order valence-corrected chi connectivity index (χ4v) is 3.70. The van der Waals surface area contributed by atoms with Crippen molar-refractivity contribution in [1.29, 1.82) is 0 Å². The molecule has 0 aromatic carbocycles. The average molecular weight is 350 g/mol. The highest BCUT2D eigenvalue weighted by atomic mass is 16.2. The summed E-state index contributed by atoms with van der Waals surface area (Å²) < 4.78 is 1.97. The molecule has 1 N–H and O–H groups in total. The Bertz CT molecular complexity index is 536. The van der Waals surface area contributed by atoms with Crippen molar-refractivity contribution in [2.75, 3.05) is 19.6 Å². The van der Waals surface area contributed by atoms with Gasteiger partial charge in [-0.2, -0.15) is 0 Å². The number of aromatic nitrogens is 3. The highest BCUT2D eigenvalue weighted by Crippen LogP contribution is 2.22. The number of nitrogens with one attached hydrogen (secondary N) is 1. The predicted molar refractivity (Wildman–Crippen MR) is 101 cm³/mol. The van der Waals surface area contributed by atoms with Crippen molar-refractivity contribution in [3.05, 3.63) is 11.4 Å². The molecule has 0 spiro atoms. The summed E-state index contributed by atoms with van der Waals surface area (Å²) in [6.45, 7) is 11.3. The quantitative estimate of drug-likeness (QED) is 0.695. The Hall–Kier alpha value is -1.43. The fraction of sp³-hybridized carbons (Fsp3) is 0.842. The van der Waals surface area contributed by atoms with Crippen molar-refractivity contribution in [3.8, 4) is 0 Å². The standard InChI is InChI=1S/C19H35N5O/c1-5-7-8-14-23(15(3)9-6-2)19(25)18-16(4)24(22-21-18)17-10-12-20-13-11-17/h15,17,20H,5-14H2,1-4H3. The molecular weight excluding hydrogens is 314 g/mol. The predicted octanol–water partition coefficient (Wildman–Crippen LogP) is 3.33. The molecule has 1 aliphatic rings. The maximum Gasteiger partial charge on any atom is 0.276 e. The van der Waals surface area contributed by atoms with Crippen molar-refractivity contribution in [2.45, 2.75) is 84.7 Å². The summed E-state index contributed by atoms with van der Waals surface area (Å²) in [4.78, 5) is 15.2. The molecule has 6 nitrogen and oxygen atoms in total. The lowest BCUT2D eigenvalue weighted by molar-refractivity contribution is 0.0672. The lowest BCUT2D eigenvalue weighted by Gasteiger charge is -2.29. The van der Waals surface area contributed by atoms with Gasteiger partial charge in [0.2, 0.25) is 0 Å². The minimum Gasteiger partial charge on any atom is -0.334 e. The molecule has 1 unspecified atom stereocenters. The first kappa shape index (κ1) is 19.9. The first-order chi connectivity index (χ1) is 12.1. The molecule has 2 rings (SSSR count). The van der Waals surface area contributed by atoms with Gasteiger partial charge in [-0.25, -0.2) is 4.68 Å². The van der Waals surface area contributed by atoms with Crippen LogP contribution < -0.4 is 5.32 Å². The van der Waals surface area contributed by atoms with Gasteiger partial charge < -0.3 is 10.2 Å². The number of hydrogen-bond acceptors (Lipinski definition) is 4. The number of nitrogens with zero attached hydrogens (tertiary/aromatic N) is 4. The highest BCUT2D eigenvalue weighted by Gasteiger charge is 2.27. The topological polar surface area (TPSA) is 63.1 Å². The summed E-state index contributed by atoms with van der Waals surface area (Å²) in [5.74, 6) is 0.0507. The molecule has 0 radical (unpaired) electrons. The molecule has 6 heteroatoms. The number of carbonyl (C=O) groups is 1. The van der Waals surface area contributed by atoms with Crippen LogP contribution in [0.1, 0.15) is 87.9 Å². The smallest absolute Gasteiger partial charge is 0.276 e. The molecule has 1 atom stereocenters. The molecule has 0 aliphatic carbocycles. The molecule has 0 bridgehead atoms. The number of piperidine rings is 1. The van der Waals surface area contributed by atoms with E-state index in [1.165, 1.54) is 0 Å². The third kappa shape index (κ3) is 5.03. The van der Waals surface area contributed by atoms with Crippen LogP contribution in [0.3, 0.4) is 0 Å². The van der Waals surface area contributed by atoms with Gasteiger partial charge in [-0.1, -0.05) is 38.3 Å². The molecular formula is C19H35N5O. The monoisotopic (exact) mass is 349 g/mol. The second kappa shape index (κ2) is 9.90. The van der Waals surface area contributed by atoms with E-state index in [-0.39, 0.29) is 11.9 Å². The van der Waals surface area contributed by atoms with Crippen molar-refractivity contribution >= 4 is 5.91 Å². The minimum absolute atomic E-state index is 0.0507. The van der Waals surface area contributed by atoms with Crippen molar-refractivity contribution in [2.24, 2.45) is 0 Å². The number of carbonyl (C=O) groups excluding carboxylic acids is 1. The van der Waals surface area contributed by atoms with Gasteiger partial charge in [-0.05, 0) is 52.6 Å². The Balaban J connectivity index is 2.15. The van der Waals surface area contributed by atoms with Crippen LogP contribution in [0.2, 0.25) is 0 Å². The first-order valence-corrected chi connectivity index (χ1v) is 10.0. The summed E-state index contributed by atoms with van der Waals surface area (Å²) in [7, 11) is 0. The summed E-state index contributed by atoms with van der Waals surface area (Å²) in [5.41, 5.74) is 1.46. The zero-order valence-corrected chi connectivity index (χ0v) is 16.4. The van der Waals surface area contributed by atoms with Crippen LogP contribution in [0, 0.1) is 6.92 Å². The average Bonchev–Trinajstić information content (AvgIpc) is 3.00. The molecule has 1 aromatic heterocycles. The Labute approximate surface area is 152 Å². The Morgan fingerprint density at radius 2 is 2.00 bits per heavy atom. The third-order valence-corrected chi connectivity index (χ3v) is 5.29. The molecule has 1 amide bonds. The number of unbranched alkanes of at least 4 members (excludes halogenated alkanes) is 2. The van der Waals surface area contributed by atoms with Crippen LogP contribution in [0.25, 0.3) is 0 Å². The molecule has 142 valence electrons. The first-order valence-electron chi connectivity index (χ1n) is 10.0. The largest absolute Gasteiger partial charge is 0.334 e. The van der Waals surface area contributed by atoms with Crippen molar-refractivity contribution in [1.82, 2.24) is 25.2 Å². The molecule has 1 aromatic rings. The normalized spacial score (nSPS) is 16.8. The van der Waals surface area contributed by atoms with Gasteiger partial charge >= 0.3 is 0 Å². The van der Waals surface area contributed by atoms with Gasteiger partial charge in [0.1, 0.15) is 0 Å². The van der Waals surface area contributed by atoms with Gasteiger partial charge in [-0.15, -0.1) is 5.10 Å². The molecule has 1 aliphatic heterocycles. The van der Waals surface area contributed by atoms with Crippen LogP contribution >= 0.6 is 0 Å². The SMILES string of the molecule is CCCCCN(C(=O)c1nnn(C2CCNCC2)c1C)C(C)CCC. The molecule has 1 saturated heterocycles. The Kier molecular flexibility index (Phi) is 7.88. The molecule has 0 saturated carbocycles. The van der Waals surface area contributed by atoms with E-state index >= 15 is 0 Å². The summed E-state index contributed by atoms with van der Waals surface area (Å²) >= 11 is 0. The highest BCUT2D eigenvalue weighted by molar-refractivity contribution is 5.93. The van der Waals surface area contributed by atoms with Gasteiger partial charge in [0, 0.05) is 12.6 Å². The van der Waals surface area contributed by atoms with E-state index in [0.717, 1.165) is 70.3 Å². The van der Waals surface area contributed by atoms with Crippen LogP contribution in [-0.2, 0) is 0 Å². The van der Waals surface area contributed by atoms with Gasteiger partial charge in [-0.3, -0.25) is 4.79 Å². The van der Waals surface area contributed by atoms with E-state index < -0.39 is 0 Å². The Morgan fingerprint density at radius 1 is 1.28 bits per heavy atom. The van der Waals surface area contributed by atoms with Gasteiger partial charge in [0.05, 0.1) is 11.7 Å². The number of rotatable bonds is 9. The van der Waals surface area contributed by atoms with Crippen LogP contribution in [0.4, 0.5) is 0 Å². The lowest BCUT2D eigenvalue weighted by Crippen LogP contribution is -2.40. The van der Waals surface area contributed by atoms with E-state index in [2.05, 4.69) is 36.4 Å². The second-order valence-corrected chi connectivity index (χ2v) is 7.29. The van der Waals surface area contributed by atoms with Crippen LogP contribution in [0.5, 0.6) is 0 Å². The van der Waals surface area contributed by atoms with E-state index in [4.69, 9.17) is 0 Å². The molecule has 1 fully saturated rings. The van der Waals surface area contributed by atoms with E-state index in [9.17, 15) is 4.79 Å². The Morgan fingerprint density at radius 3 is 2.64 bits per heavy atom. The van der Waals surface area contributed by atoms with Gasteiger partial charge in [0.25, 0.3) is 5.91 Å². The number of amides is 1. The number of hydrogen-bond donors (Lipinski definition) is 1. The van der Waals surface area contributed by atoms with Gasteiger partial charge in [0.15, 0.2) is 5.69 Å².